The Morgan fingerprint density at radius 2 is 1.88 bits per heavy atom. The summed E-state index contributed by atoms with van der Waals surface area (Å²) >= 11 is 0. The van der Waals surface area contributed by atoms with E-state index in [1.807, 2.05) is 41.4 Å². The highest BCUT2D eigenvalue weighted by Crippen LogP contribution is 2.34. The van der Waals surface area contributed by atoms with Crippen LogP contribution in [0.5, 0.6) is 0 Å². The van der Waals surface area contributed by atoms with E-state index in [0.717, 1.165) is 22.7 Å². The molecule has 2 aromatic rings. The summed E-state index contributed by atoms with van der Waals surface area (Å²) in [6, 6.07) is 16.2. The van der Waals surface area contributed by atoms with Gasteiger partial charge in [0.2, 0.25) is 0 Å². The van der Waals surface area contributed by atoms with Crippen LogP contribution in [0.4, 0.5) is 4.39 Å². The van der Waals surface area contributed by atoms with Crippen LogP contribution in [0.1, 0.15) is 43.9 Å². The molecule has 0 spiro atoms. The number of aliphatic hydroxyl groups is 1. The largest absolute Gasteiger partial charge is 0.458 e. The molecule has 1 saturated heterocycles. The van der Waals surface area contributed by atoms with Crippen LogP contribution < -0.4 is 0 Å². The van der Waals surface area contributed by atoms with Gasteiger partial charge in [-0.25, -0.2) is 9.38 Å². The van der Waals surface area contributed by atoms with Crippen molar-refractivity contribution in [2.75, 3.05) is 0 Å². The maximum Gasteiger partial charge on any atom is 0.309 e. The van der Waals surface area contributed by atoms with Crippen molar-refractivity contribution in [3.05, 3.63) is 89.9 Å². The first kappa shape index (κ1) is 22.0. The van der Waals surface area contributed by atoms with Crippen LogP contribution in [0.25, 0.3) is 5.70 Å². The summed E-state index contributed by atoms with van der Waals surface area (Å²) in [5.74, 6) is 0.255. The van der Waals surface area contributed by atoms with Gasteiger partial charge in [-0.2, -0.15) is 0 Å². The average molecular weight is 435 g/mol. The molecule has 2 aromatic carbocycles. The van der Waals surface area contributed by atoms with Crippen LogP contribution in [-0.2, 0) is 9.53 Å². The molecule has 1 unspecified atom stereocenters. The molecule has 0 radical (unpaired) electrons. The maximum absolute atomic E-state index is 13.6. The third-order valence-electron chi connectivity index (χ3n) is 5.56. The number of esters is 1. The van der Waals surface area contributed by atoms with Crippen LogP contribution in [-0.4, -0.2) is 34.0 Å². The molecule has 3 atom stereocenters. The van der Waals surface area contributed by atoms with Gasteiger partial charge in [-0.3, -0.25) is 4.79 Å². The summed E-state index contributed by atoms with van der Waals surface area (Å²) in [7, 11) is 0. The molecular weight excluding hydrogens is 407 g/mol. The van der Waals surface area contributed by atoms with Crippen molar-refractivity contribution in [1.82, 2.24) is 4.90 Å². The summed E-state index contributed by atoms with van der Waals surface area (Å²) in [6.07, 6.45) is 4.87. The molecule has 2 aliphatic rings. The van der Waals surface area contributed by atoms with Gasteiger partial charge >= 0.3 is 5.97 Å². The highest BCUT2D eigenvalue weighted by atomic mass is 19.1. The Labute approximate surface area is 187 Å². The average Bonchev–Trinajstić information content (AvgIpc) is 2.77. The van der Waals surface area contributed by atoms with E-state index >= 15 is 0 Å². The highest BCUT2D eigenvalue weighted by molar-refractivity contribution is 5.93. The smallest absolute Gasteiger partial charge is 0.309 e. The summed E-state index contributed by atoms with van der Waals surface area (Å²) in [5.41, 5.74) is 2.77. The Balaban J connectivity index is 1.74. The second kappa shape index (κ2) is 9.49. The first-order chi connectivity index (χ1) is 15.4. The zero-order valence-corrected chi connectivity index (χ0v) is 18.2. The number of aliphatic hydroxyl groups excluding tert-OH is 1. The lowest BCUT2D eigenvalue weighted by molar-refractivity contribution is -0.156. The van der Waals surface area contributed by atoms with Crippen molar-refractivity contribution in [1.29, 1.82) is 0 Å². The number of nitrogens with zero attached hydrogens (tertiary/aromatic N) is 2. The zero-order chi connectivity index (χ0) is 22.7. The molecule has 1 N–H and O–H groups in total. The minimum Gasteiger partial charge on any atom is -0.458 e. The molecule has 1 fully saturated rings. The van der Waals surface area contributed by atoms with E-state index < -0.39 is 18.2 Å². The van der Waals surface area contributed by atoms with Crippen LogP contribution in [0.15, 0.2) is 77.9 Å². The molecule has 0 aliphatic carbocycles. The topological polar surface area (TPSA) is 62.1 Å². The second-order valence-electron chi connectivity index (χ2n) is 8.41. The van der Waals surface area contributed by atoms with Gasteiger partial charge in [0.25, 0.3) is 0 Å². The number of benzene rings is 2. The van der Waals surface area contributed by atoms with E-state index in [4.69, 9.17) is 9.73 Å². The Hall–Kier alpha value is -3.25. The van der Waals surface area contributed by atoms with E-state index in [1.165, 1.54) is 12.1 Å². The molecule has 0 saturated carbocycles. The number of rotatable bonds is 5. The van der Waals surface area contributed by atoms with Crippen molar-refractivity contribution in [2.45, 2.75) is 44.9 Å². The summed E-state index contributed by atoms with van der Waals surface area (Å²) in [4.78, 5) is 18.7. The second-order valence-corrected chi connectivity index (χ2v) is 8.41. The van der Waals surface area contributed by atoms with Crippen LogP contribution in [0.2, 0.25) is 0 Å². The molecule has 2 heterocycles. The molecule has 0 bridgehead atoms. The molecule has 2 aliphatic heterocycles. The van der Waals surface area contributed by atoms with E-state index in [1.54, 1.807) is 18.2 Å². The minimum atomic E-state index is -0.706. The number of hydrogen-bond acceptors (Lipinski definition) is 5. The molecule has 166 valence electrons. The zero-order valence-electron chi connectivity index (χ0n) is 18.2. The van der Waals surface area contributed by atoms with Crippen molar-refractivity contribution in [2.24, 2.45) is 10.9 Å². The molecule has 5 nitrogen and oxygen atoms in total. The minimum absolute atomic E-state index is 0.0220. The molecular formula is C26H27FN2O3. The van der Waals surface area contributed by atoms with Gasteiger partial charge in [0.15, 0.2) is 0 Å². The van der Waals surface area contributed by atoms with Crippen molar-refractivity contribution < 1.29 is 19.0 Å². The molecule has 0 aromatic heterocycles. The number of cyclic esters (lactones) is 1. The Morgan fingerprint density at radius 1 is 1.16 bits per heavy atom. The van der Waals surface area contributed by atoms with Gasteiger partial charge in [0.1, 0.15) is 17.8 Å². The Kier molecular flexibility index (Phi) is 6.51. The molecule has 32 heavy (non-hydrogen) atoms. The normalized spacial score (nSPS) is 23.8. The number of amidine groups is 1. The van der Waals surface area contributed by atoms with Crippen molar-refractivity contribution in [3.63, 3.8) is 0 Å². The molecule has 0 amide bonds. The summed E-state index contributed by atoms with van der Waals surface area (Å²) in [5, 5.41) is 9.93. The fourth-order valence-electron chi connectivity index (χ4n) is 3.99. The van der Waals surface area contributed by atoms with E-state index in [-0.39, 0.29) is 24.2 Å². The van der Waals surface area contributed by atoms with Crippen molar-refractivity contribution in [3.8, 4) is 0 Å². The number of hydrogen-bond donors (Lipinski definition) is 1. The van der Waals surface area contributed by atoms with Gasteiger partial charge < -0.3 is 14.7 Å². The summed E-state index contributed by atoms with van der Waals surface area (Å²) in [6.45, 7) is 4.14. The lowest BCUT2D eigenvalue weighted by Crippen LogP contribution is -2.36. The van der Waals surface area contributed by atoms with E-state index in [0.29, 0.717) is 6.42 Å². The number of aliphatic imine (C=N–C) groups is 1. The quantitative estimate of drug-likeness (QED) is 0.683. The predicted octanol–water partition coefficient (Wildman–Crippen LogP) is 4.86. The SMILES string of the molecule is CC(C)C1=NC(c2ccccc2)=CC(c2ccc(F)cc2)N1C=C[C@@H]1C[C@@H](O)CC(=O)O1. The Bertz CT molecular complexity index is 1040. The number of halogens is 1. The Morgan fingerprint density at radius 3 is 2.53 bits per heavy atom. The summed E-state index contributed by atoms with van der Waals surface area (Å²) < 4.78 is 19.0. The van der Waals surface area contributed by atoms with Crippen LogP contribution in [0.3, 0.4) is 0 Å². The van der Waals surface area contributed by atoms with Gasteiger partial charge in [0, 0.05) is 18.5 Å². The van der Waals surface area contributed by atoms with E-state index in [9.17, 15) is 14.3 Å². The van der Waals surface area contributed by atoms with Crippen LogP contribution in [0, 0.1) is 11.7 Å². The standard InChI is InChI=1S/C26H27FN2O3/c1-17(2)26-28-23(18-6-4-3-5-7-18)16-24(19-8-10-20(27)11-9-19)29(26)13-12-22-14-21(30)15-25(31)32-22/h3-13,16-17,21-22,24,30H,14-15H2,1-2H3/t21-,22-,24?/m1/s1. The molecule has 4 rings (SSSR count). The van der Waals surface area contributed by atoms with E-state index in [2.05, 4.69) is 19.9 Å². The monoisotopic (exact) mass is 434 g/mol. The number of carbonyl (C=O) groups is 1. The third kappa shape index (κ3) is 4.97. The fraction of sp³-hybridized carbons (Fsp3) is 0.308. The molecule has 6 heteroatoms. The van der Waals surface area contributed by atoms with Gasteiger partial charge in [0.05, 0.1) is 24.3 Å². The third-order valence-corrected chi connectivity index (χ3v) is 5.56. The maximum atomic E-state index is 13.6. The van der Waals surface area contributed by atoms with Crippen LogP contribution >= 0.6 is 0 Å². The number of carbonyl (C=O) groups excluding carboxylic acids is 1. The number of ether oxygens (including phenoxy) is 1. The first-order valence-electron chi connectivity index (χ1n) is 10.9. The highest BCUT2D eigenvalue weighted by Gasteiger charge is 2.29. The predicted molar refractivity (Wildman–Crippen MR) is 122 cm³/mol. The van der Waals surface area contributed by atoms with Gasteiger partial charge in [-0.1, -0.05) is 56.3 Å². The lowest BCUT2D eigenvalue weighted by atomic mass is 9.97. The van der Waals surface area contributed by atoms with Gasteiger partial charge in [-0.15, -0.1) is 0 Å². The first-order valence-corrected chi connectivity index (χ1v) is 10.9. The van der Waals surface area contributed by atoms with Crippen molar-refractivity contribution >= 4 is 17.5 Å². The fourth-order valence-corrected chi connectivity index (χ4v) is 3.99. The lowest BCUT2D eigenvalue weighted by Gasteiger charge is -2.36. The van der Waals surface area contributed by atoms with Gasteiger partial charge in [-0.05, 0) is 35.4 Å².